The average molecular weight is 283 g/mol. The van der Waals surface area contributed by atoms with Crippen molar-refractivity contribution in [2.24, 2.45) is 5.92 Å². The number of hydrogen-bond donors (Lipinski definition) is 2. The van der Waals surface area contributed by atoms with Crippen LogP contribution in [0.5, 0.6) is 0 Å². The molecule has 0 aromatic rings. The number of urea groups is 1. The second kappa shape index (κ2) is 6.11. The number of likely N-dealkylation sites (N-methyl/N-ethyl adjacent to an activating group) is 1. The maximum Gasteiger partial charge on any atom is 0.317 e. The number of rotatable bonds is 3. The fourth-order valence-corrected chi connectivity index (χ4v) is 2.77. The highest BCUT2D eigenvalue weighted by Crippen LogP contribution is 2.18. The van der Waals surface area contributed by atoms with Crippen LogP contribution in [-0.2, 0) is 9.59 Å². The molecule has 2 heterocycles. The Hall–Kier alpha value is -1.79. The highest BCUT2D eigenvalue weighted by Gasteiger charge is 2.32. The first-order valence-electron chi connectivity index (χ1n) is 7.07. The molecule has 0 bridgehead atoms. The van der Waals surface area contributed by atoms with Crippen molar-refractivity contribution >= 4 is 17.9 Å². The van der Waals surface area contributed by atoms with Gasteiger partial charge in [0.15, 0.2) is 0 Å². The normalized spacial score (nSPS) is 24.1. The Bertz CT molecular complexity index is 404. The number of carboxylic acid groups (broad SMARTS) is 1. The molecule has 1 unspecified atom stereocenters. The molecular weight excluding hydrogens is 262 g/mol. The lowest BCUT2D eigenvalue weighted by molar-refractivity contribution is -0.143. The zero-order valence-electron chi connectivity index (χ0n) is 11.7. The maximum atomic E-state index is 12.1. The molecule has 0 saturated carbocycles. The summed E-state index contributed by atoms with van der Waals surface area (Å²) in [6, 6.07) is -0.322. The van der Waals surface area contributed by atoms with Crippen molar-refractivity contribution in [3.8, 4) is 0 Å². The van der Waals surface area contributed by atoms with Crippen molar-refractivity contribution in [3.63, 3.8) is 0 Å². The standard InChI is InChI=1S/C13H21N3O4/c1-2-15-8-10(7-11(15)17)14-13(20)16-5-3-9(4-6-16)12(18)19/h9-10H,2-8H2,1H3,(H,14,20)(H,18,19). The van der Waals surface area contributed by atoms with Crippen LogP contribution in [0.1, 0.15) is 26.2 Å². The van der Waals surface area contributed by atoms with Gasteiger partial charge in [0.25, 0.3) is 0 Å². The van der Waals surface area contributed by atoms with E-state index >= 15 is 0 Å². The molecular formula is C13H21N3O4. The van der Waals surface area contributed by atoms with Crippen LogP contribution in [0.3, 0.4) is 0 Å². The van der Waals surface area contributed by atoms with E-state index in [-0.39, 0.29) is 23.9 Å². The van der Waals surface area contributed by atoms with Crippen LogP contribution in [-0.4, -0.2) is 65.0 Å². The highest BCUT2D eigenvalue weighted by molar-refractivity contribution is 5.81. The molecule has 2 saturated heterocycles. The van der Waals surface area contributed by atoms with Gasteiger partial charge in [0.1, 0.15) is 0 Å². The summed E-state index contributed by atoms with van der Waals surface area (Å²) in [4.78, 5) is 37.9. The number of aliphatic carboxylic acids is 1. The Morgan fingerprint density at radius 1 is 1.35 bits per heavy atom. The smallest absolute Gasteiger partial charge is 0.317 e. The molecule has 0 aromatic heterocycles. The van der Waals surface area contributed by atoms with Gasteiger partial charge in [0.2, 0.25) is 5.91 Å². The van der Waals surface area contributed by atoms with E-state index in [2.05, 4.69) is 5.32 Å². The second-order valence-corrected chi connectivity index (χ2v) is 5.38. The fourth-order valence-electron chi connectivity index (χ4n) is 2.77. The summed E-state index contributed by atoms with van der Waals surface area (Å²) < 4.78 is 0. The first-order valence-corrected chi connectivity index (χ1v) is 7.07. The number of carbonyl (C=O) groups is 3. The van der Waals surface area contributed by atoms with E-state index in [1.807, 2.05) is 6.92 Å². The van der Waals surface area contributed by atoms with Crippen molar-refractivity contribution in [2.75, 3.05) is 26.2 Å². The van der Waals surface area contributed by atoms with E-state index < -0.39 is 5.97 Å². The maximum absolute atomic E-state index is 12.1. The molecule has 112 valence electrons. The SMILES string of the molecule is CCN1CC(NC(=O)N2CCC(C(=O)O)CC2)CC1=O. The highest BCUT2D eigenvalue weighted by atomic mass is 16.4. The van der Waals surface area contributed by atoms with Gasteiger partial charge in [0, 0.05) is 32.6 Å². The van der Waals surface area contributed by atoms with Crippen molar-refractivity contribution in [1.29, 1.82) is 0 Å². The molecule has 3 amide bonds. The fraction of sp³-hybridized carbons (Fsp3) is 0.769. The summed E-state index contributed by atoms with van der Waals surface area (Å²) in [6.45, 7) is 4.06. The summed E-state index contributed by atoms with van der Waals surface area (Å²) in [6.07, 6.45) is 1.34. The molecule has 2 aliphatic heterocycles. The van der Waals surface area contributed by atoms with Crippen molar-refractivity contribution in [1.82, 2.24) is 15.1 Å². The van der Waals surface area contributed by atoms with E-state index in [1.165, 1.54) is 0 Å². The number of carboxylic acids is 1. The largest absolute Gasteiger partial charge is 0.481 e. The third-order valence-corrected chi connectivity index (χ3v) is 4.06. The number of hydrogen-bond acceptors (Lipinski definition) is 3. The third kappa shape index (κ3) is 3.20. The van der Waals surface area contributed by atoms with Crippen molar-refractivity contribution in [2.45, 2.75) is 32.2 Å². The van der Waals surface area contributed by atoms with Crippen LogP contribution in [0.2, 0.25) is 0 Å². The van der Waals surface area contributed by atoms with Crippen LogP contribution in [0.15, 0.2) is 0 Å². The van der Waals surface area contributed by atoms with E-state index in [9.17, 15) is 14.4 Å². The van der Waals surface area contributed by atoms with Gasteiger partial charge in [-0.3, -0.25) is 9.59 Å². The summed E-state index contributed by atoms with van der Waals surface area (Å²) in [5, 5.41) is 11.8. The van der Waals surface area contributed by atoms with Gasteiger partial charge in [-0.1, -0.05) is 0 Å². The van der Waals surface area contributed by atoms with Crippen LogP contribution in [0.4, 0.5) is 4.79 Å². The molecule has 0 aromatic carbocycles. The lowest BCUT2D eigenvalue weighted by Gasteiger charge is -2.31. The predicted octanol–water partition coefficient (Wildman–Crippen LogP) is 0.113. The molecule has 0 spiro atoms. The number of carbonyl (C=O) groups excluding carboxylic acids is 2. The van der Waals surface area contributed by atoms with Crippen LogP contribution in [0.25, 0.3) is 0 Å². The Kier molecular flexibility index (Phi) is 4.46. The van der Waals surface area contributed by atoms with Gasteiger partial charge < -0.3 is 20.2 Å². The molecule has 2 fully saturated rings. The molecule has 1 atom stereocenters. The number of amides is 3. The van der Waals surface area contributed by atoms with Gasteiger partial charge in [-0.25, -0.2) is 4.79 Å². The molecule has 7 nitrogen and oxygen atoms in total. The topological polar surface area (TPSA) is 90.0 Å². The van der Waals surface area contributed by atoms with Crippen molar-refractivity contribution in [3.05, 3.63) is 0 Å². The van der Waals surface area contributed by atoms with Gasteiger partial charge in [-0.05, 0) is 19.8 Å². The first kappa shape index (κ1) is 14.6. The van der Waals surface area contributed by atoms with Crippen LogP contribution < -0.4 is 5.32 Å². The van der Waals surface area contributed by atoms with E-state index in [1.54, 1.807) is 9.80 Å². The lowest BCUT2D eigenvalue weighted by Crippen LogP contribution is -2.49. The lowest BCUT2D eigenvalue weighted by atomic mass is 9.97. The third-order valence-electron chi connectivity index (χ3n) is 4.06. The Balaban J connectivity index is 1.79. The zero-order valence-corrected chi connectivity index (χ0v) is 11.7. The summed E-state index contributed by atoms with van der Waals surface area (Å²) >= 11 is 0. The quantitative estimate of drug-likeness (QED) is 0.769. The molecule has 0 radical (unpaired) electrons. The van der Waals surface area contributed by atoms with E-state index in [0.717, 1.165) is 0 Å². The molecule has 7 heteroatoms. The first-order chi connectivity index (χ1) is 9.51. The summed E-state index contributed by atoms with van der Waals surface area (Å²) in [5.74, 6) is -1.06. The molecule has 20 heavy (non-hydrogen) atoms. The molecule has 2 N–H and O–H groups in total. The summed E-state index contributed by atoms with van der Waals surface area (Å²) in [5.41, 5.74) is 0. The van der Waals surface area contributed by atoms with E-state index in [4.69, 9.17) is 5.11 Å². The molecule has 0 aliphatic carbocycles. The minimum Gasteiger partial charge on any atom is -0.481 e. The number of nitrogens with one attached hydrogen (secondary N) is 1. The van der Waals surface area contributed by atoms with Gasteiger partial charge in [0.05, 0.1) is 12.0 Å². The monoisotopic (exact) mass is 283 g/mol. The van der Waals surface area contributed by atoms with E-state index in [0.29, 0.717) is 45.4 Å². The number of likely N-dealkylation sites (tertiary alicyclic amines) is 2. The van der Waals surface area contributed by atoms with Gasteiger partial charge in [-0.2, -0.15) is 0 Å². The van der Waals surface area contributed by atoms with Gasteiger partial charge in [-0.15, -0.1) is 0 Å². The van der Waals surface area contributed by atoms with Crippen molar-refractivity contribution < 1.29 is 19.5 Å². The predicted molar refractivity (Wildman–Crippen MR) is 71.1 cm³/mol. The number of piperidine rings is 1. The van der Waals surface area contributed by atoms with Crippen LogP contribution in [0, 0.1) is 5.92 Å². The Morgan fingerprint density at radius 3 is 2.50 bits per heavy atom. The summed E-state index contributed by atoms with van der Waals surface area (Å²) in [7, 11) is 0. The zero-order chi connectivity index (χ0) is 14.7. The number of nitrogens with zero attached hydrogens (tertiary/aromatic N) is 2. The minimum atomic E-state index is -0.787. The Labute approximate surface area is 117 Å². The van der Waals surface area contributed by atoms with Crippen LogP contribution >= 0.6 is 0 Å². The van der Waals surface area contributed by atoms with Gasteiger partial charge >= 0.3 is 12.0 Å². The molecule has 2 rings (SSSR count). The Morgan fingerprint density at radius 2 is 2.00 bits per heavy atom. The second-order valence-electron chi connectivity index (χ2n) is 5.38. The molecule has 2 aliphatic rings. The average Bonchev–Trinajstić information content (AvgIpc) is 2.78. The minimum absolute atomic E-state index is 0.0717.